The Balaban J connectivity index is 2.49. The van der Waals surface area contributed by atoms with Crippen molar-refractivity contribution in [3.05, 3.63) is 0 Å². The predicted molar refractivity (Wildman–Crippen MR) is 62.0 cm³/mol. The molecular weight excluding hydrogens is 294 g/mol. The topological polar surface area (TPSA) is 138 Å². The molecule has 1 amide bonds. The Labute approximate surface area is 114 Å². The van der Waals surface area contributed by atoms with Gasteiger partial charge in [0.2, 0.25) is 5.91 Å². The van der Waals surface area contributed by atoms with E-state index in [2.05, 4.69) is 4.74 Å². The lowest BCUT2D eigenvalue weighted by Crippen LogP contribution is -2.59. The number of carboxylic acid groups (broad SMARTS) is 1. The molecule has 0 bridgehead atoms. The Morgan fingerprint density at radius 3 is 2.55 bits per heavy atom. The molecule has 2 aliphatic rings. The van der Waals surface area contributed by atoms with Crippen LogP contribution in [0.2, 0.25) is 0 Å². The molecule has 2 rings (SSSR count). The molecular formula is C10H13NO8S. The van der Waals surface area contributed by atoms with E-state index in [1.807, 2.05) is 0 Å². The van der Waals surface area contributed by atoms with E-state index in [-0.39, 0.29) is 6.42 Å². The fourth-order valence-corrected chi connectivity index (χ4v) is 4.82. The van der Waals surface area contributed by atoms with E-state index < -0.39 is 57.1 Å². The van der Waals surface area contributed by atoms with Gasteiger partial charge < -0.3 is 19.8 Å². The lowest BCUT2D eigenvalue weighted by atomic mass is 9.96. The number of aliphatic carboxylic acids is 1. The number of β-lactam (4-membered cyclic amide) rings is 1. The summed E-state index contributed by atoms with van der Waals surface area (Å²) in [7, 11) is -4.22. The molecule has 9 nitrogen and oxygen atoms in total. The highest BCUT2D eigenvalue weighted by Gasteiger charge is 2.73. The molecule has 2 aliphatic heterocycles. The van der Waals surface area contributed by atoms with Crippen molar-refractivity contribution in [2.24, 2.45) is 0 Å². The number of ether oxygens (including phenoxy) is 1. The van der Waals surface area contributed by atoms with Crippen molar-refractivity contribution in [2.45, 2.75) is 29.5 Å². The minimum atomic E-state index is -4.22. The number of esters is 1. The van der Waals surface area contributed by atoms with Crippen LogP contribution in [0.1, 0.15) is 13.3 Å². The maximum Gasteiger partial charge on any atom is 0.330 e. The monoisotopic (exact) mass is 307 g/mol. The Morgan fingerprint density at radius 1 is 1.50 bits per heavy atom. The van der Waals surface area contributed by atoms with Gasteiger partial charge in [0.1, 0.15) is 12.0 Å². The summed E-state index contributed by atoms with van der Waals surface area (Å²) < 4.78 is 26.9. The van der Waals surface area contributed by atoms with Crippen LogP contribution in [0, 0.1) is 0 Å². The summed E-state index contributed by atoms with van der Waals surface area (Å²) in [5.41, 5.74) is 0. The zero-order chi connectivity index (χ0) is 15.3. The van der Waals surface area contributed by atoms with Gasteiger partial charge in [0.25, 0.3) is 0 Å². The van der Waals surface area contributed by atoms with Crippen molar-refractivity contribution in [2.75, 3.05) is 13.2 Å². The molecule has 10 heteroatoms. The van der Waals surface area contributed by atoms with Gasteiger partial charge in [-0.05, 0) is 6.92 Å². The van der Waals surface area contributed by atoms with Crippen molar-refractivity contribution in [3.63, 3.8) is 0 Å². The van der Waals surface area contributed by atoms with Gasteiger partial charge in [0, 0.05) is 0 Å². The van der Waals surface area contributed by atoms with Crippen LogP contribution in [-0.4, -0.2) is 70.8 Å². The number of carboxylic acids is 1. The first-order valence-electron chi connectivity index (χ1n) is 5.75. The fraction of sp³-hybridized carbons (Fsp3) is 0.700. The van der Waals surface area contributed by atoms with E-state index in [4.69, 9.17) is 5.11 Å². The summed E-state index contributed by atoms with van der Waals surface area (Å²) in [5, 5.41) is 16.5. The third-order valence-corrected chi connectivity index (χ3v) is 6.34. The fourth-order valence-electron chi connectivity index (χ4n) is 2.54. The van der Waals surface area contributed by atoms with E-state index in [9.17, 15) is 27.9 Å². The van der Waals surface area contributed by atoms with Gasteiger partial charge in [-0.1, -0.05) is 0 Å². The molecule has 2 heterocycles. The molecule has 0 unspecified atom stereocenters. The third kappa shape index (κ3) is 1.57. The van der Waals surface area contributed by atoms with Gasteiger partial charge in [0.15, 0.2) is 20.6 Å². The standard InChI is InChI=1S/C10H13NO8S/c1-10(9(16)19-3-2-12)7(8(14)15)11-5(13)4-6(11)20(10,17)18/h6-7,12H,2-4H2,1H3,(H,14,15)/t6-,7+,10-/m1/s1. The lowest BCUT2D eigenvalue weighted by Gasteiger charge is -2.35. The normalized spacial score (nSPS) is 34.3. The number of carbonyl (C=O) groups excluding carboxylic acids is 2. The van der Waals surface area contributed by atoms with Crippen molar-refractivity contribution >= 4 is 27.7 Å². The maximum absolute atomic E-state index is 12.3. The van der Waals surface area contributed by atoms with E-state index in [1.54, 1.807) is 0 Å². The van der Waals surface area contributed by atoms with Gasteiger partial charge in [-0.3, -0.25) is 9.59 Å². The quantitative estimate of drug-likeness (QED) is 0.437. The van der Waals surface area contributed by atoms with Crippen LogP contribution >= 0.6 is 0 Å². The average Bonchev–Trinajstić information content (AvgIpc) is 2.51. The number of sulfone groups is 1. The molecule has 112 valence electrons. The SMILES string of the molecule is C[C@]1(C(=O)OCCO)[C@H](C(=O)O)N2C(=O)C[C@H]2S1(=O)=O. The highest BCUT2D eigenvalue weighted by molar-refractivity contribution is 7.94. The number of hydrogen-bond donors (Lipinski definition) is 2. The molecule has 20 heavy (non-hydrogen) atoms. The Bertz CT molecular complexity index is 584. The molecule has 0 aromatic rings. The maximum atomic E-state index is 12.3. The van der Waals surface area contributed by atoms with E-state index in [0.29, 0.717) is 4.90 Å². The van der Waals surface area contributed by atoms with Crippen molar-refractivity contribution < 1.29 is 37.8 Å². The summed E-state index contributed by atoms with van der Waals surface area (Å²) in [6.45, 7) is -0.0347. The summed E-state index contributed by atoms with van der Waals surface area (Å²) in [6, 6.07) is -1.81. The number of fused-ring (bicyclic) bond motifs is 1. The Hall–Kier alpha value is -1.68. The van der Waals surface area contributed by atoms with E-state index in [1.165, 1.54) is 0 Å². The number of hydrogen-bond acceptors (Lipinski definition) is 7. The van der Waals surface area contributed by atoms with Gasteiger partial charge in [-0.2, -0.15) is 0 Å². The number of amides is 1. The first kappa shape index (κ1) is 14.7. The Morgan fingerprint density at radius 2 is 2.10 bits per heavy atom. The molecule has 2 N–H and O–H groups in total. The van der Waals surface area contributed by atoms with Crippen LogP contribution in [-0.2, 0) is 29.0 Å². The smallest absolute Gasteiger partial charge is 0.330 e. The molecule has 2 saturated heterocycles. The van der Waals surface area contributed by atoms with Crippen LogP contribution in [0.3, 0.4) is 0 Å². The van der Waals surface area contributed by atoms with E-state index >= 15 is 0 Å². The molecule has 0 aromatic carbocycles. The second-order valence-corrected chi connectivity index (χ2v) is 7.19. The van der Waals surface area contributed by atoms with Crippen molar-refractivity contribution in [1.82, 2.24) is 4.90 Å². The number of aliphatic hydroxyl groups excluding tert-OH is 1. The minimum absolute atomic E-state index is 0.338. The highest BCUT2D eigenvalue weighted by atomic mass is 32.2. The molecule has 3 atom stereocenters. The second kappa shape index (κ2) is 4.42. The molecule has 2 fully saturated rings. The molecule has 0 aromatic heterocycles. The molecule has 0 radical (unpaired) electrons. The van der Waals surface area contributed by atoms with Crippen LogP contribution in [0.5, 0.6) is 0 Å². The third-order valence-electron chi connectivity index (χ3n) is 3.66. The van der Waals surface area contributed by atoms with Gasteiger partial charge >= 0.3 is 11.9 Å². The summed E-state index contributed by atoms with van der Waals surface area (Å²) in [5.74, 6) is -3.50. The molecule has 0 aliphatic carbocycles. The zero-order valence-corrected chi connectivity index (χ0v) is 11.3. The number of nitrogens with zero attached hydrogens (tertiary/aromatic N) is 1. The van der Waals surface area contributed by atoms with Crippen LogP contribution in [0.25, 0.3) is 0 Å². The summed E-state index contributed by atoms with van der Waals surface area (Å²) >= 11 is 0. The van der Waals surface area contributed by atoms with Crippen LogP contribution in [0.15, 0.2) is 0 Å². The lowest BCUT2D eigenvalue weighted by molar-refractivity contribution is -0.162. The van der Waals surface area contributed by atoms with Crippen LogP contribution < -0.4 is 0 Å². The van der Waals surface area contributed by atoms with Gasteiger partial charge in [-0.25, -0.2) is 13.2 Å². The van der Waals surface area contributed by atoms with Crippen molar-refractivity contribution in [1.29, 1.82) is 0 Å². The van der Waals surface area contributed by atoms with Crippen molar-refractivity contribution in [3.8, 4) is 0 Å². The number of aliphatic hydroxyl groups is 1. The van der Waals surface area contributed by atoms with Gasteiger partial charge in [0.05, 0.1) is 13.0 Å². The predicted octanol–water partition coefficient (Wildman–Crippen LogP) is -2.28. The average molecular weight is 307 g/mol. The van der Waals surface area contributed by atoms with E-state index in [0.717, 1.165) is 6.92 Å². The van der Waals surface area contributed by atoms with Crippen LogP contribution in [0.4, 0.5) is 0 Å². The summed E-state index contributed by atoms with van der Waals surface area (Å²) in [4.78, 5) is 35.4. The number of carbonyl (C=O) groups is 3. The summed E-state index contributed by atoms with van der Waals surface area (Å²) in [6.07, 6.45) is -0.338. The second-order valence-electron chi connectivity index (χ2n) is 4.71. The first-order chi connectivity index (χ1) is 9.19. The minimum Gasteiger partial charge on any atom is -0.480 e. The first-order valence-corrected chi connectivity index (χ1v) is 7.29. The number of rotatable bonds is 4. The highest BCUT2D eigenvalue weighted by Crippen LogP contribution is 2.46. The zero-order valence-electron chi connectivity index (χ0n) is 10.5. The molecule has 0 saturated carbocycles. The van der Waals surface area contributed by atoms with Gasteiger partial charge in [-0.15, -0.1) is 0 Å². The Kier molecular flexibility index (Phi) is 3.25. The largest absolute Gasteiger partial charge is 0.480 e. The molecule has 0 spiro atoms.